The Bertz CT molecular complexity index is 95.6. The van der Waals surface area contributed by atoms with Gasteiger partial charge in [-0.15, -0.1) is 0 Å². The second kappa shape index (κ2) is 5.56. The molecule has 68 valence electrons. The zero-order valence-corrected chi connectivity index (χ0v) is 8.02. The van der Waals surface area contributed by atoms with Gasteiger partial charge in [0, 0.05) is 13.2 Å². The lowest BCUT2D eigenvalue weighted by molar-refractivity contribution is -0.0307. The molecule has 1 atom stereocenters. The normalized spacial score (nSPS) is 16.4. The molecule has 0 aromatic rings. The standard InChI is InChI=1S/C9H21NO/c1-4-6-9(3,8-10)11-7-5-2/h4-8,10H2,1-3H3. The molecule has 0 aliphatic heterocycles. The summed E-state index contributed by atoms with van der Waals surface area (Å²) in [5.41, 5.74) is 5.53. The van der Waals surface area contributed by atoms with Crippen molar-refractivity contribution in [2.24, 2.45) is 5.73 Å². The molecule has 0 fully saturated rings. The summed E-state index contributed by atoms with van der Waals surface area (Å²) in [5.74, 6) is 0. The zero-order valence-electron chi connectivity index (χ0n) is 8.02. The zero-order chi connectivity index (χ0) is 8.74. The SMILES string of the molecule is CCCOC(C)(CN)CCC. The molecule has 0 aliphatic rings. The summed E-state index contributed by atoms with van der Waals surface area (Å²) in [7, 11) is 0. The average Bonchev–Trinajstić information content (AvgIpc) is 2.02. The van der Waals surface area contributed by atoms with Gasteiger partial charge in [0.15, 0.2) is 0 Å². The van der Waals surface area contributed by atoms with Crippen molar-refractivity contribution >= 4 is 0 Å². The molecule has 1 unspecified atom stereocenters. The van der Waals surface area contributed by atoms with Gasteiger partial charge in [0.05, 0.1) is 5.60 Å². The lowest BCUT2D eigenvalue weighted by atomic mass is 10.0. The third-order valence-corrected chi connectivity index (χ3v) is 1.87. The largest absolute Gasteiger partial charge is 0.374 e. The van der Waals surface area contributed by atoms with Gasteiger partial charge in [-0.2, -0.15) is 0 Å². The molecular weight excluding hydrogens is 138 g/mol. The Labute approximate surface area is 70.1 Å². The lowest BCUT2D eigenvalue weighted by Crippen LogP contribution is -2.37. The summed E-state index contributed by atoms with van der Waals surface area (Å²) < 4.78 is 5.64. The van der Waals surface area contributed by atoms with Gasteiger partial charge in [-0.1, -0.05) is 20.3 Å². The summed E-state index contributed by atoms with van der Waals surface area (Å²) in [5, 5.41) is 0. The highest BCUT2D eigenvalue weighted by molar-refractivity contribution is 4.75. The summed E-state index contributed by atoms with van der Waals surface area (Å²) in [4.78, 5) is 0. The van der Waals surface area contributed by atoms with E-state index in [1.807, 2.05) is 0 Å². The van der Waals surface area contributed by atoms with Gasteiger partial charge in [0.25, 0.3) is 0 Å². The maximum atomic E-state index is 5.64. The van der Waals surface area contributed by atoms with Gasteiger partial charge < -0.3 is 10.5 Å². The van der Waals surface area contributed by atoms with Crippen molar-refractivity contribution < 1.29 is 4.74 Å². The molecule has 2 N–H and O–H groups in total. The minimum atomic E-state index is -0.0786. The van der Waals surface area contributed by atoms with Gasteiger partial charge in [0.2, 0.25) is 0 Å². The van der Waals surface area contributed by atoms with Gasteiger partial charge >= 0.3 is 0 Å². The molecule has 0 rings (SSSR count). The highest BCUT2D eigenvalue weighted by atomic mass is 16.5. The molecule has 2 heteroatoms. The molecule has 0 aromatic carbocycles. The molecule has 0 aromatic heterocycles. The van der Waals surface area contributed by atoms with Crippen LogP contribution in [-0.2, 0) is 4.74 Å². The smallest absolute Gasteiger partial charge is 0.0776 e. The van der Waals surface area contributed by atoms with Crippen molar-refractivity contribution in [3.05, 3.63) is 0 Å². The van der Waals surface area contributed by atoms with Crippen molar-refractivity contribution in [3.8, 4) is 0 Å². The molecule has 2 nitrogen and oxygen atoms in total. The van der Waals surface area contributed by atoms with E-state index in [0.29, 0.717) is 6.54 Å². The maximum absolute atomic E-state index is 5.64. The Balaban J connectivity index is 3.68. The molecule has 0 heterocycles. The molecule has 0 aliphatic carbocycles. The van der Waals surface area contributed by atoms with Crippen LogP contribution in [0.25, 0.3) is 0 Å². The molecular formula is C9H21NO. The Kier molecular flexibility index (Phi) is 5.51. The van der Waals surface area contributed by atoms with Crippen LogP contribution in [0.15, 0.2) is 0 Å². The Hall–Kier alpha value is -0.0800. The van der Waals surface area contributed by atoms with E-state index in [2.05, 4.69) is 20.8 Å². The number of rotatable bonds is 6. The first-order valence-electron chi connectivity index (χ1n) is 4.52. The van der Waals surface area contributed by atoms with Crippen molar-refractivity contribution in [1.29, 1.82) is 0 Å². The molecule has 0 saturated heterocycles. The highest BCUT2D eigenvalue weighted by Crippen LogP contribution is 2.15. The second-order valence-corrected chi connectivity index (χ2v) is 3.25. The van der Waals surface area contributed by atoms with Crippen LogP contribution in [0.2, 0.25) is 0 Å². The minimum absolute atomic E-state index is 0.0786. The Morgan fingerprint density at radius 3 is 2.27 bits per heavy atom. The molecule has 0 saturated carbocycles. The molecule has 11 heavy (non-hydrogen) atoms. The topological polar surface area (TPSA) is 35.2 Å². The third kappa shape index (κ3) is 4.38. The van der Waals surface area contributed by atoms with Crippen LogP contribution in [0.1, 0.15) is 40.0 Å². The van der Waals surface area contributed by atoms with Gasteiger partial charge in [0.1, 0.15) is 0 Å². The fourth-order valence-electron chi connectivity index (χ4n) is 1.11. The van der Waals surface area contributed by atoms with Crippen LogP contribution in [0, 0.1) is 0 Å². The Morgan fingerprint density at radius 2 is 1.91 bits per heavy atom. The molecule has 0 bridgehead atoms. The predicted molar refractivity (Wildman–Crippen MR) is 48.6 cm³/mol. The molecule has 0 spiro atoms. The van der Waals surface area contributed by atoms with E-state index in [0.717, 1.165) is 25.9 Å². The first-order chi connectivity index (χ1) is 5.18. The first kappa shape index (κ1) is 10.9. The van der Waals surface area contributed by atoms with E-state index in [9.17, 15) is 0 Å². The first-order valence-corrected chi connectivity index (χ1v) is 4.52. The van der Waals surface area contributed by atoms with Crippen LogP contribution in [-0.4, -0.2) is 18.8 Å². The van der Waals surface area contributed by atoms with Crippen LogP contribution < -0.4 is 5.73 Å². The monoisotopic (exact) mass is 159 g/mol. The van der Waals surface area contributed by atoms with Gasteiger partial charge in [-0.05, 0) is 19.8 Å². The Morgan fingerprint density at radius 1 is 1.27 bits per heavy atom. The lowest BCUT2D eigenvalue weighted by Gasteiger charge is -2.27. The third-order valence-electron chi connectivity index (χ3n) is 1.87. The summed E-state index contributed by atoms with van der Waals surface area (Å²) >= 11 is 0. The van der Waals surface area contributed by atoms with E-state index in [1.165, 1.54) is 0 Å². The predicted octanol–water partition coefficient (Wildman–Crippen LogP) is 1.93. The molecule has 0 radical (unpaired) electrons. The average molecular weight is 159 g/mol. The summed E-state index contributed by atoms with van der Waals surface area (Å²) in [6.07, 6.45) is 3.26. The van der Waals surface area contributed by atoms with Crippen molar-refractivity contribution in [1.82, 2.24) is 0 Å². The fourth-order valence-corrected chi connectivity index (χ4v) is 1.11. The van der Waals surface area contributed by atoms with Gasteiger partial charge in [-0.25, -0.2) is 0 Å². The fraction of sp³-hybridized carbons (Fsp3) is 1.00. The van der Waals surface area contributed by atoms with E-state index in [-0.39, 0.29) is 5.60 Å². The van der Waals surface area contributed by atoms with Crippen molar-refractivity contribution in [2.75, 3.05) is 13.2 Å². The van der Waals surface area contributed by atoms with Crippen LogP contribution in [0.3, 0.4) is 0 Å². The second-order valence-electron chi connectivity index (χ2n) is 3.25. The maximum Gasteiger partial charge on any atom is 0.0776 e. The summed E-state index contributed by atoms with van der Waals surface area (Å²) in [6.45, 7) is 7.81. The van der Waals surface area contributed by atoms with E-state index < -0.39 is 0 Å². The highest BCUT2D eigenvalue weighted by Gasteiger charge is 2.20. The number of nitrogens with two attached hydrogens (primary N) is 1. The minimum Gasteiger partial charge on any atom is -0.374 e. The van der Waals surface area contributed by atoms with Crippen molar-refractivity contribution in [2.45, 2.75) is 45.6 Å². The number of hydrogen-bond donors (Lipinski definition) is 1. The quantitative estimate of drug-likeness (QED) is 0.642. The van der Waals surface area contributed by atoms with E-state index in [4.69, 9.17) is 10.5 Å². The summed E-state index contributed by atoms with van der Waals surface area (Å²) in [6, 6.07) is 0. The molecule has 0 amide bonds. The van der Waals surface area contributed by atoms with Crippen molar-refractivity contribution in [3.63, 3.8) is 0 Å². The van der Waals surface area contributed by atoms with Crippen LogP contribution in [0.4, 0.5) is 0 Å². The number of ether oxygens (including phenoxy) is 1. The van der Waals surface area contributed by atoms with Crippen LogP contribution >= 0.6 is 0 Å². The van der Waals surface area contributed by atoms with Gasteiger partial charge in [-0.3, -0.25) is 0 Å². The van der Waals surface area contributed by atoms with E-state index in [1.54, 1.807) is 0 Å². The van der Waals surface area contributed by atoms with Crippen LogP contribution in [0.5, 0.6) is 0 Å². The van der Waals surface area contributed by atoms with E-state index >= 15 is 0 Å². The number of hydrogen-bond acceptors (Lipinski definition) is 2.